The first-order valence-corrected chi connectivity index (χ1v) is 12.2. The number of thiophene rings is 1. The van der Waals surface area contributed by atoms with Gasteiger partial charge in [0.15, 0.2) is 17.5 Å². The minimum Gasteiger partial charge on any atom is -0.322 e. The van der Waals surface area contributed by atoms with Crippen molar-refractivity contribution < 1.29 is 18.9 Å². The molecule has 0 saturated heterocycles. The quantitative estimate of drug-likeness (QED) is 0.449. The summed E-state index contributed by atoms with van der Waals surface area (Å²) in [5.74, 6) is 3.76. The average molecular weight is 479 g/mol. The molecule has 0 aromatic carbocycles. The third-order valence-electron chi connectivity index (χ3n) is 4.78. The standard InChI is InChI=1S/C21H22N6O3S2.4H2/c1-5-12-11-22-19(24-18(12)23-16-10-14(25-26-16)13-6-7-13)15-8-9-17(31-15)32(29,30)27-20(28)21(2,3)4;;;;/h1,8-11,13H,6-7H2,2-4H3,(H,27,28)(H2,22,23,24,25,26);4*1H. The maximum atomic E-state index is 12.6. The van der Waals surface area contributed by atoms with Crippen molar-refractivity contribution in [2.75, 3.05) is 5.32 Å². The number of sulfonamides is 1. The van der Waals surface area contributed by atoms with Gasteiger partial charge in [-0.15, -0.1) is 17.8 Å². The Morgan fingerprint density at radius 3 is 2.75 bits per heavy atom. The van der Waals surface area contributed by atoms with Gasteiger partial charge in [-0.25, -0.2) is 23.1 Å². The van der Waals surface area contributed by atoms with Crippen LogP contribution in [0.25, 0.3) is 10.7 Å². The van der Waals surface area contributed by atoms with E-state index in [-0.39, 0.29) is 9.92 Å². The van der Waals surface area contributed by atoms with E-state index in [1.54, 1.807) is 26.8 Å². The zero-order valence-corrected chi connectivity index (χ0v) is 19.4. The topological polar surface area (TPSA) is 130 Å². The van der Waals surface area contributed by atoms with E-state index >= 15 is 0 Å². The number of anilines is 2. The van der Waals surface area contributed by atoms with Crippen LogP contribution in [-0.2, 0) is 14.8 Å². The van der Waals surface area contributed by atoms with Gasteiger partial charge in [0.2, 0.25) is 5.91 Å². The predicted octanol–water partition coefficient (Wildman–Crippen LogP) is 4.37. The van der Waals surface area contributed by atoms with E-state index in [2.05, 4.69) is 36.1 Å². The van der Waals surface area contributed by atoms with Crippen LogP contribution in [0.3, 0.4) is 0 Å². The van der Waals surface area contributed by atoms with Crippen molar-refractivity contribution in [1.29, 1.82) is 0 Å². The second-order valence-electron chi connectivity index (χ2n) is 8.51. The van der Waals surface area contributed by atoms with Crippen LogP contribution >= 0.6 is 11.3 Å². The van der Waals surface area contributed by atoms with E-state index in [4.69, 9.17) is 6.42 Å². The van der Waals surface area contributed by atoms with Crippen molar-refractivity contribution in [2.24, 2.45) is 5.41 Å². The molecular formula is C21H30N6O3S2. The van der Waals surface area contributed by atoms with Crippen molar-refractivity contribution in [3.8, 4) is 23.0 Å². The highest BCUT2D eigenvalue weighted by molar-refractivity contribution is 7.92. The van der Waals surface area contributed by atoms with Gasteiger partial charge < -0.3 is 5.32 Å². The maximum Gasteiger partial charge on any atom is 0.273 e. The summed E-state index contributed by atoms with van der Waals surface area (Å²) >= 11 is 0.961. The zero-order valence-electron chi connectivity index (χ0n) is 17.8. The lowest BCUT2D eigenvalue weighted by molar-refractivity contribution is -0.126. The molecule has 0 bridgehead atoms. The van der Waals surface area contributed by atoms with Gasteiger partial charge in [0.05, 0.1) is 10.4 Å². The van der Waals surface area contributed by atoms with Gasteiger partial charge in [0.25, 0.3) is 10.0 Å². The normalized spacial score (nSPS) is 14.1. The summed E-state index contributed by atoms with van der Waals surface area (Å²) in [7, 11) is -4.00. The molecular weight excluding hydrogens is 448 g/mol. The van der Waals surface area contributed by atoms with Crippen LogP contribution in [-0.4, -0.2) is 34.5 Å². The first-order valence-electron chi connectivity index (χ1n) is 9.90. The molecule has 11 heteroatoms. The summed E-state index contributed by atoms with van der Waals surface area (Å²) in [6.07, 6.45) is 9.37. The molecule has 1 amide bonds. The summed E-state index contributed by atoms with van der Waals surface area (Å²) in [6, 6.07) is 4.93. The number of nitrogens with zero attached hydrogens (tertiary/aromatic N) is 3. The smallest absolute Gasteiger partial charge is 0.273 e. The summed E-state index contributed by atoms with van der Waals surface area (Å²) < 4.78 is 27.3. The molecule has 3 N–H and O–H groups in total. The lowest BCUT2D eigenvalue weighted by atomic mass is 9.96. The molecule has 1 fully saturated rings. The molecule has 32 heavy (non-hydrogen) atoms. The Morgan fingerprint density at radius 1 is 1.34 bits per heavy atom. The third kappa shape index (κ3) is 4.66. The van der Waals surface area contributed by atoms with Crippen LogP contribution in [0.5, 0.6) is 0 Å². The summed E-state index contributed by atoms with van der Waals surface area (Å²) in [5, 5.41) is 10.4. The summed E-state index contributed by atoms with van der Waals surface area (Å²) in [4.78, 5) is 21.4. The number of H-pyrrole nitrogens is 1. The highest BCUT2D eigenvalue weighted by Gasteiger charge is 2.28. The second kappa shape index (κ2) is 8.03. The Hall–Kier alpha value is -3.23. The minimum absolute atomic E-state index is 0. The van der Waals surface area contributed by atoms with Crippen LogP contribution in [0.15, 0.2) is 28.6 Å². The zero-order chi connectivity index (χ0) is 23.1. The maximum absolute atomic E-state index is 12.6. The molecule has 4 rings (SSSR count). The fourth-order valence-electron chi connectivity index (χ4n) is 2.74. The average Bonchev–Trinajstić information content (AvgIpc) is 3.25. The summed E-state index contributed by atoms with van der Waals surface area (Å²) in [6.45, 7) is 4.92. The molecule has 1 aliphatic carbocycles. The lowest BCUT2D eigenvalue weighted by Gasteiger charge is -2.16. The molecule has 0 radical (unpaired) electrons. The molecule has 9 nitrogen and oxygen atoms in total. The van der Waals surface area contributed by atoms with Gasteiger partial charge >= 0.3 is 0 Å². The lowest BCUT2D eigenvalue weighted by Crippen LogP contribution is -2.38. The number of nitrogens with one attached hydrogen (secondary N) is 3. The number of hydrogen-bond acceptors (Lipinski definition) is 8. The predicted molar refractivity (Wildman–Crippen MR) is 130 cm³/mol. The number of aromatic nitrogens is 4. The van der Waals surface area contributed by atoms with Crippen LogP contribution < -0.4 is 10.0 Å². The van der Waals surface area contributed by atoms with E-state index in [0.29, 0.717) is 33.8 Å². The van der Waals surface area contributed by atoms with Gasteiger partial charge in [-0.3, -0.25) is 9.89 Å². The molecule has 174 valence electrons. The molecule has 3 aromatic heterocycles. The molecule has 0 atom stereocenters. The Kier molecular flexibility index (Phi) is 5.52. The molecule has 1 aliphatic rings. The van der Waals surface area contributed by atoms with Crippen molar-refractivity contribution in [1.82, 2.24) is 24.9 Å². The number of hydrogen-bond donors (Lipinski definition) is 3. The first-order chi connectivity index (χ1) is 15.1. The molecule has 0 aliphatic heterocycles. The highest BCUT2D eigenvalue weighted by atomic mass is 32.2. The Balaban J connectivity index is 0.00000306. The van der Waals surface area contributed by atoms with Crippen LogP contribution in [0.2, 0.25) is 0 Å². The van der Waals surface area contributed by atoms with Crippen molar-refractivity contribution in [2.45, 2.75) is 43.7 Å². The number of aromatic amines is 1. The number of carbonyl (C=O) groups is 1. The fourth-order valence-corrected chi connectivity index (χ4v) is 5.15. The number of carbonyl (C=O) groups excluding carboxylic acids is 1. The largest absolute Gasteiger partial charge is 0.322 e. The molecule has 3 heterocycles. The van der Waals surface area contributed by atoms with E-state index in [9.17, 15) is 13.2 Å². The summed E-state index contributed by atoms with van der Waals surface area (Å²) in [5.41, 5.74) is 0.675. The van der Waals surface area contributed by atoms with Crippen molar-refractivity contribution in [3.63, 3.8) is 0 Å². The SMILES string of the molecule is C#Cc1cnc(-c2ccc(S(=O)(=O)NC(=O)C(C)(C)C)s2)nc1Nc1cc(C2CC2)[nH]n1.[HH].[HH].[HH].[HH]. The van der Waals surface area contributed by atoms with Crippen molar-refractivity contribution in [3.05, 3.63) is 35.7 Å². The van der Waals surface area contributed by atoms with Crippen LogP contribution in [0.1, 0.15) is 56.5 Å². The van der Waals surface area contributed by atoms with Gasteiger partial charge in [-0.2, -0.15) is 5.10 Å². The number of rotatable bonds is 6. The van der Waals surface area contributed by atoms with Crippen LogP contribution in [0.4, 0.5) is 11.6 Å². The Morgan fingerprint density at radius 2 is 2.09 bits per heavy atom. The van der Waals surface area contributed by atoms with Crippen LogP contribution in [0, 0.1) is 17.8 Å². The van der Waals surface area contributed by atoms with Gasteiger partial charge in [0.1, 0.15) is 4.21 Å². The second-order valence-corrected chi connectivity index (χ2v) is 11.5. The monoisotopic (exact) mass is 478 g/mol. The van der Waals surface area contributed by atoms with Gasteiger partial charge in [-0.05, 0) is 25.0 Å². The highest BCUT2D eigenvalue weighted by Crippen LogP contribution is 2.39. The van der Waals surface area contributed by atoms with E-state index in [1.807, 2.05) is 6.07 Å². The van der Waals surface area contributed by atoms with E-state index in [1.165, 1.54) is 12.3 Å². The third-order valence-corrected chi connectivity index (χ3v) is 7.68. The van der Waals surface area contributed by atoms with Gasteiger partial charge in [-0.1, -0.05) is 26.7 Å². The first kappa shape index (κ1) is 22.0. The van der Waals surface area contributed by atoms with E-state index < -0.39 is 21.3 Å². The number of amides is 1. The van der Waals surface area contributed by atoms with E-state index in [0.717, 1.165) is 29.9 Å². The molecule has 0 unspecified atom stereocenters. The molecule has 3 aromatic rings. The molecule has 1 saturated carbocycles. The Labute approximate surface area is 196 Å². The minimum atomic E-state index is -4.00. The fraction of sp³-hybridized carbons (Fsp3) is 0.333. The molecule has 0 spiro atoms. The number of terminal acetylenes is 1. The Bertz CT molecular complexity index is 1340. The van der Waals surface area contributed by atoms with Crippen molar-refractivity contribution >= 4 is 38.9 Å². The van der Waals surface area contributed by atoms with Gasteiger partial charge in [0, 0.05) is 35.0 Å².